The molecule has 1 aliphatic rings. The van der Waals surface area contributed by atoms with E-state index in [-0.39, 0.29) is 0 Å². The highest BCUT2D eigenvalue weighted by atomic mass is 16.2. The van der Waals surface area contributed by atoms with Crippen LogP contribution in [-0.4, -0.2) is 42.4 Å². The summed E-state index contributed by atoms with van der Waals surface area (Å²) in [6.07, 6.45) is 3.05. The summed E-state index contributed by atoms with van der Waals surface area (Å²) >= 11 is 0. The van der Waals surface area contributed by atoms with E-state index < -0.39 is 11.8 Å². The van der Waals surface area contributed by atoms with Gasteiger partial charge in [0.25, 0.3) is 0 Å². The van der Waals surface area contributed by atoms with Gasteiger partial charge in [-0.15, -0.1) is 0 Å². The van der Waals surface area contributed by atoms with Crippen LogP contribution in [0.5, 0.6) is 0 Å². The van der Waals surface area contributed by atoms with Crippen LogP contribution in [0, 0.1) is 0 Å². The summed E-state index contributed by atoms with van der Waals surface area (Å²) in [5.74, 6) is -1.16. The third-order valence-electron chi connectivity index (χ3n) is 4.26. The average molecular weight is 303 g/mol. The lowest BCUT2D eigenvalue weighted by atomic mass is 10.1. The van der Waals surface area contributed by atoms with E-state index >= 15 is 0 Å². The van der Waals surface area contributed by atoms with E-state index in [4.69, 9.17) is 0 Å². The molecule has 1 aliphatic heterocycles. The number of hydrogen-bond acceptors (Lipinski definition) is 3. The van der Waals surface area contributed by atoms with E-state index in [1.54, 1.807) is 0 Å². The number of nitrogens with zero attached hydrogens (tertiary/aromatic N) is 1. The van der Waals surface area contributed by atoms with E-state index in [2.05, 4.69) is 22.5 Å². The number of aryl methyl sites for hydroxylation is 1. The minimum Gasteiger partial charge on any atom is -0.346 e. The summed E-state index contributed by atoms with van der Waals surface area (Å²) in [4.78, 5) is 26.3. The molecule has 22 heavy (non-hydrogen) atoms. The molecule has 1 heterocycles. The molecule has 0 radical (unpaired) electrons. The SMILES string of the molecule is CCc1ccccc1NC(=O)C(=O)NC[C@H]1CCCN1CC. The number of anilines is 1. The zero-order valence-electron chi connectivity index (χ0n) is 13.4. The second-order valence-corrected chi connectivity index (χ2v) is 5.60. The zero-order valence-corrected chi connectivity index (χ0v) is 13.4. The van der Waals surface area contributed by atoms with E-state index in [1.165, 1.54) is 0 Å². The molecule has 120 valence electrons. The number of benzene rings is 1. The van der Waals surface area contributed by atoms with Crippen LogP contribution in [0.25, 0.3) is 0 Å². The van der Waals surface area contributed by atoms with Crippen LogP contribution in [0.4, 0.5) is 5.69 Å². The molecule has 1 atom stereocenters. The minimum absolute atomic E-state index is 0.352. The van der Waals surface area contributed by atoms with Crippen LogP contribution in [0.2, 0.25) is 0 Å². The van der Waals surface area contributed by atoms with E-state index in [0.717, 1.165) is 37.9 Å². The molecule has 0 unspecified atom stereocenters. The Balaban J connectivity index is 1.86. The third kappa shape index (κ3) is 4.07. The molecule has 1 aromatic rings. The van der Waals surface area contributed by atoms with Crippen molar-refractivity contribution in [3.63, 3.8) is 0 Å². The predicted octanol–water partition coefficient (Wildman–Crippen LogP) is 1.79. The molecule has 2 rings (SSSR count). The molecular formula is C17H25N3O2. The average Bonchev–Trinajstić information content (AvgIpc) is 3.00. The Kier molecular flexibility index (Phi) is 5.95. The molecule has 1 saturated heterocycles. The Hall–Kier alpha value is -1.88. The number of rotatable bonds is 5. The molecule has 0 spiro atoms. The Labute approximate surface area is 132 Å². The minimum atomic E-state index is -0.595. The lowest BCUT2D eigenvalue weighted by Gasteiger charge is -2.22. The number of amides is 2. The first-order chi connectivity index (χ1) is 10.7. The summed E-state index contributed by atoms with van der Waals surface area (Å²) in [5, 5.41) is 5.45. The lowest BCUT2D eigenvalue weighted by Crippen LogP contribution is -2.43. The summed E-state index contributed by atoms with van der Waals surface area (Å²) in [5.41, 5.74) is 1.73. The number of para-hydroxylation sites is 1. The first kappa shape index (κ1) is 16.5. The summed E-state index contributed by atoms with van der Waals surface area (Å²) in [6, 6.07) is 7.90. The molecule has 1 fully saturated rings. The molecule has 0 bridgehead atoms. The van der Waals surface area contributed by atoms with Crippen molar-refractivity contribution in [2.45, 2.75) is 39.2 Å². The number of hydrogen-bond donors (Lipinski definition) is 2. The standard InChI is InChI=1S/C17H25N3O2/c1-3-13-8-5-6-10-15(13)19-17(22)16(21)18-12-14-9-7-11-20(14)4-2/h5-6,8,10,14H,3-4,7,9,11-12H2,1-2H3,(H,18,21)(H,19,22)/t14-/m1/s1. The van der Waals surface area contributed by atoms with Gasteiger partial charge < -0.3 is 10.6 Å². The van der Waals surface area contributed by atoms with E-state index in [9.17, 15) is 9.59 Å². The number of nitrogens with one attached hydrogen (secondary N) is 2. The molecule has 2 amide bonds. The van der Waals surface area contributed by atoms with Gasteiger partial charge >= 0.3 is 11.8 Å². The van der Waals surface area contributed by atoms with Crippen molar-refractivity contribution in [2.75, 3.05) is 25.0 Å². The van der Waals surface area contributed by atoms with E-state index in [1.807, 2.05) is 31.2 Å². The number of carbonyl (C=O) groups excluding carboxylic acids is 2. The summed E-state index contributed by atoms with van der Waals surface area (Å²) < 4.78 is 0. The molecule has 0 saturated carbocycles. The topological polar surface area (TPSA) is 61.4 Å². The van der Waals surface area contributed by atoms with Gasteiger partial charge in [0.15, 0.2) is 0 Å². The summed E-state index contributed by atoms with van der Waals surface area (Å²) in [6.45, 7) is 6.73. The molecule has 0 aromatic heterocycles. The van der Waals surface area contributed by atoms with Crippen LogP contribution in [0.3, 0.4) is 0 Å². The first-order valence-corrected chi connectivity index (χ1v) is 8.06. The van der Waals surface area contributed by atoms with Gasteiger partial charge in [-0.25, -0.2) is 0 Å². The second-order valence-electron chi connectivity index (χ2n) is 5.60. The fraction of sp³-hybridized carbons (Fsp3) is 0.529. The highest BCUT2D eigenvalue weighted by molar-refractivity contribution is 6.39. The summed E-state index contributed by atoms with van der Waals surface area (Å²) in [7, 11) is 0. The van der Waals surface area contributed by atoms with Crippen LogP contribution in [0.15, 0.2) is 24.3 Å². The van der Waals surface area contributed by atoms with Crippen LogP contribution in [0.1, 0.15) is 32.3 Å². The largest absolute Gasteiger partial charge is 0.346 e. The van der Waals surface area contributed by atoms with Crippen molar-refractivity contribution in [3.8, 4) is 0 Å². The Bertz CT molecular complexity index is 530. The number of carbonyl (C=O) groups is 2. The van der Waals surface area contributed by atoms with Crippen LogP contribution in [-0.2, 0) is 16.0 Å². The van der Waals surface area contributed by atoms with Gasteiger partial charge in [-0.1, -0.05) is 32.0 Å². The predicted molar refractivity (Wildman–Crippen MR) is 87.7 cm³/mol. The van der Waals surface area contributed by atoms with Crippen molar-refractivity contribution < 1.29 is 9.59 Å². The van der Waals surface area contributed by atoms with Gasteiger partial charge in [0.05, 0.1) is 0 Å². The third-order valence-corrected chi connectivity index (χ3v) is 4.26. The maximum Gasteiger partial charge on any atom is 0.313 e. The second kappa shape index (κ2) is 7.94. The smallest absolute Gasteiger partial charge is 0.313 e. The molecule has 1 aromatic carbocycles. The molecule has 5 nitrogen and oxygen atoms in total. The maximum atomic E-state index is 12.0. The number of likely N-dealkylation sites (N-methyl/N-ethyl adjacent to an activating group) is 1. The van der Waals surface area contributed by atoms with Crippen LogP contribution < -0.4 is 10.6 Å². The van der Waals surface area contributed by atoms with Crippen LogP contribution >= 0.6 is 0 Å². The number of likely N-dealkylation sites (tertiary alicyclic amines) is 1. The zero-order chi connectivity index (χ0) is 15.9. The molecule has 5 heteroatoms. The van der Waals surface area contributed by atoms with Gasteiger partial charge in [0, 0.05) is 18.3 Å². The van der Waals surface area contributed by atoms with Crippen molar-refractivity contribution in [3.05, 3.63) is 29.8 Å². The molecular weight excluding hydrogens is 278 g/mol. The van der Waals surface area contributed by atoms with Crippen molar-refractivity contribution in [1.82, 2.24) is 10.2 Å². The first-order valence-electron chi connectivity index (χ1n) is 8.06. The highest BCUT2D eigenvalue weighted by Gasteiger charge is 2.24. The highest BCUT2D eigenvalue weighted by Crippen LogP contribution is 2.16. The fourth-order valence-corrected chi connectivity index (χ4v) is 2.96. The monoisotopic (exact) mass is 303 g/mol. The lowest BCUT2D eigenvalue weighted by molar-refractivity contribution is -0.136. The Morgan fingerprint density at radius 3 is 2.73 bits per heavy atom. The van der Waals surface area contributed by atoms with E-state index in [0.29, 0.717) is 18.3 Å². The molecule has 2 N–H and O–H groups in total. The van der Waals surface area contributed by atoms with Gasteiger partial charge in [0.2, 0.25) is 0 Å². The van der Waals surface area contributed by atoms with Gasteiger partial charge in [-0.2, -0.15) is 0 Å². The quantitative estimate of drug-likeness (QED) is 0.815. The maximum absolute atomic E-state index is 12.0. The Morgan fingerprint density at radius 2 is 2.00 bits per heavy atom. The molecule has 0 aliphatic carbocycles. The normalized spacial score (nSPS) is 18.2. The van der Waals surface area contributed by atoms with Crippen molar-refractivity contribution in [2.24, 2.45) is 0 Å². The van der Waals surface area contributed by atoms with Gasteiger partial charge in [0.1, 0.15) is 0 Å². The fourth-order valence-electron chi connectivity index (χ4n) is 2.96. The Morgan fingerprint density at radius 1 is 1.23 bits per heavy atom. The van der Waals surface area contributed by atoms with Crippen molar-refractivity contribution in [1.29, 1.82) is 0 Å². The van der Waals surface area contributed by atoms with Gasteiger partial charge in [-0.05, 0) is 44.0 Å². The van der Waals surface area contributed by atoms with Crippen molar-refractivity contribution >= 4 is 17.5 Å². The van der Waals surface area contributed by atoms with Gasteiger partial charge in [-0.3, -0.25) is 14.5 Å².